The van der Waals surface area contributed by atoms with Gasteiger partial charge in [-0.25, -0.2) is 4.98 Å². The van der Waals surface area contributed by atoms with Gasteiger partial charge in [0.15, 0.2) is 0 Å². The monoisotopic (exact) mass is 310 g/mol. The van der Waals surface area contributed by atoms with Gasteiger partial charge in [0, 0.05) is 23.9 Å². The summed E-state index contributed by atoms with van der Waals surface area (Å²) in [6.07, 6.45) is 6.89. The summed E-state index contributed by atoms with van der Waals surface area (Å²) < 4.78 is 0.184. The lowest BCUT2D eigenvalue weighted by atomic mass is 10.1. The number of anilines is 2. The van der Waals surface area contributed by atoms with Crippen LogP contribution in [0.1, 0.15) is 32.6 Å². The van der Waals surface area contributed by atoms with Crippen molar-refractivity contribution >= 4 is 29.1 Å². The minimum absolute atomic E-state index is 0.0332. The Morgan fingerprint density at radius 2 is 2.10 bits per heavy atom. The van der Waals surface area contributed by atoms with Gasteiger partial charge in [0.05, 0.1) is 4.92 Å². The Morgan fingerprint density at radius 3 is 2.67 bits per heavy atom. The van der Waals surface area contributed by atoms with Gasteiger partial charge in [-0.15, -0.1) is 0 Å². The highest BCUT2D eigenvalue weighted by molar-refractivity contribution is 8.00. The second kappa shape index (κ2) is 6.98. The molecular formula is C14H22N4O2S. The molecule has 7 heteroatoms. The molecule has 0 unspecified atom stereocenters. The van der Waals surface area contributed by atoms with Crippen LogP contribution in [0.15, 0.2) is 12.1 Å². The third-order valence-corrected chi connectivity index (χ3v) is 5.37. The number of nitro groups is 1. The van der Waals surface area contributed by atoms with Crippen LogP contribution in [-0.4, -0.2) is 34.0 Å². The summed E-state index contributed by atoms with van der Waals surface area (Å²) in [5.41, 5.74) is 0.0332. The van der Waals surface area contributed by atoms with Gasteiger partial charge in [0.1, 0.15) is 5.82 Å². The molecule has 0 bridgehead atoms. The summed E-state index contributed by atoms with van der Waals surface area (Å²) >= 11 is 1.85. The molecular weight excluding hydrogens is 288 g/mol. The van der Waals surface area contributed by atoms with Gasteiger partial charge in [-0.05, 0) is 32.1 Å². The van der Waals surface area contributed by atoms with Crippen LogP contribution in [0.5, 0.6) is 0 Å². The summed E-state index contributed by atoms with van der Waals surface area (Å²) in [5, 5.41) is 17.4. The molecule has 0 radical (unpaired) electrons. The van der Waals surface area contributed by atoms with Crippen LogP contribution in [0, 0.1) is 10.1 Å². The average molecular weight is 310 g/mol. The van der Waals surface area contributed by atoms with Crippen LogP contribution in [0.3, 0.4) is 0 Å². The number of aromatic nitrogens is 1. The van der Waals surface area contributed by atoms with Gasteiger partial charge in [-0.2, -0.15) is 11.8 Å². The van der Waals surface area contributed by atoms with E-state index < -0.39 is 0 Å². The van der Waals surface area contributed by atoms with Crippen LogP contribution in [0.4, 0.5) is 17.3 Å². The molecule has 1 heterocycles. The first-order valence-corrected chi connectivity index (χ1v) is 8.51. The Balaban J connectivity index is 2.16. The second-order valence-electron chi connectivity index (χ2n) is 5.30. The number of rotatable bonds is 7. The lowest BCUT2D eigenvalue weighted by Crippen LogP contribution is -2.30. The van der Waals surface area contributed by atoms with Crippen molar-refractivity contribution in [3.63, 3.8) is 0 Å². The maximum Gasteiger partial charge on any atom is 0.311 e. The van der Waals surface area contributed by atoms with E-state index in [-0.39, 0.29) is 15.4 Å². The summed E-state index contributed by atoms with van der Waals surface area (Å²) in [7, 11) is 0. The predicted molar refractivity (Wildman–Crippen MR) is 88.3 cm³/mol. The van der Waals surface area contributed by atoms with E-state index in [1.165, 1.54) is 18.9 Å². The normalized spacial score (nSPS) is 16.7. The Morgan fingerprint density at radius 1 is 1.38 bits per heavy atom. The molecule has 1 aromatic heterocycles. The standard InChI is InChI=1S/C14H22N4O2S/c1-3-15-12-7-6-11(18(19)20)13(17-12)16-10-14(21-2)8-4-5-9-14/h6-7H,3-5,8-10H2,1-2H3,(H2,15,16,17). The molecule has 116 valence electrons. The molecule has 0 spiro atoms. The highest BCUT2D eigenvalue weighted by atomic mass is 32.2. The number of nitrogens with one attached hydrogen (secondary N) is 2. The zero-order chi connectivity index (χ0) is 15.3. The SMILES string of the molecule is CCNc1ccc([N+](=O)[O-])c(NCC2(SC)CCCC2)n1. The molecule has 0 saturated heterocycles. The first-order valence-electron chi connectivity index (χ1n) is 7.28. The van der Waals surface area contributed by atoms with Crippen molar-refractivity contribution in [2.24, 2.45) is 0 Å². The molecule has 0 aliphatic heterocycles. The van der Waals surface area contributed by atoms with Crippen molar-refractivity contribution in [2.75, 3.05) is 30.0 Å². The molecule has 2 rings (SSSR count). The number of hydrogen-bond donors (Lipinski definition) is 2. The quantitative estimate of drug-likeness (QED) is 0.592. The summed E-state index contributed by atoms with van der Waals surface area (Å²) in [4.78, 5) is 15.1. The van der Waals surface area contributed by atoms with Crippen LogP contribution in [0.2, 0.25) is 0 Å². The van der Waals surface area contributed by atoms with E-state index in [0.717, 1.165) is 25.9 Å². The molecule has 1 aliphatic carbocycles. The van der Waals surface area contributed by atoms with Gasteiger partial charge in [-0.3, -0.25) is 10.1 Å². The van der Waals surface area contributed by atoms with Crippen LogP contribution in [-0.2, 0) is 0 Å². The fraction of sp³-hybridized carbons (Fsp3) is 0.643. The number of nitrogens with zero attached hydrogens (tertiary/aromatic N) is 2. The van der Waals surface area contributed by atoms with Crippen LogP contribution in [0.25, 0.3) is 0 Å². The zero-order valence-corrected chi connectivity index (χ0v) is 13.3. The summed E-state index contributed by atoms with van der Waals surface area (Å²) in [6.45, 7) is 3.42. The maximum atomic E-state index is 11.1. The first kappa shape index (κ1) is 15.9. The van der Waals surface area contributed by atoms with Gasteiger partial charge in [0.2, 0.25) is 5.82 Å². The van der Waals surface area contributed by atoms with Gasteiger partial charge < -0.3 is 10.6 Å². The fourth-order valence-corrected chi connectivity index (χ4v) is 3.64. The Bertz CT molecular complexity index is 504. The minimum atomic E-state index is -0.383. The summed E-state index contributed by atoms with van der Waals surface area (Å²) in [5.74, 6) is 1.02. The van der Waals surface area contributed by atoms with Gasteiger partial charge in [-0.1, -0.05) is 12.8 Å². The van der Waals surface area contributed by atoms with E-state index >= 15 is 0 Å². The molecule has 1 fully saturated rings. The molecule has 1 aromatic rings. The van der Waals surface area contributed by atoms with Crippen molar-refractivity contribution in [3.8, 4) is 0 Å². The predicted octanol–water partition coefficient (Wildman–Crippen LogP) is 3.51. The maximum absolute atomic E-state index is 11.1. The Kier molecular flexibility index (Phi) is 5.27. The van der Waals surface area contributed by atoms with Crippen molar-refractivity contribution < 1.29 is 4.92 Å². The van der Waals surface area contributed by atoms with Crippen LogP contribution < -0.4 is 10.6 Å². The second-order valence-corrected chi connectivity index (χ2v) is 6.57. The highest BCUT2D eigenvalue weighted by Gasteiger charge is 2.33. The zero-order valence-electron chi connectivity index (χ0n) is 12.5. The van der Waals surface area contributed by atoms with Crippen molar-refractivity contribution in [2.45, 2.75) is 37.4 Å². The largest absolute Gasteiger partial charge is 0.370 e. The van der Waals surface area contributed by atoms with E-state index in [1.54, 1.807) is 6.07 Å². The Labute approximate surface area is 129 Å². The van der Waals surface area contributed by atoms with E-state index in [4.69, 9.17) is 0 Å². The highest BCUT2D eigenvalue weighted by Crippen LogP contribution is 2.40. The van der Waals surface area contributed by atoms with E-state index in [9.17, 15) is 10.1 Å². The minimum Gasteiger partial charge on any atom is -0.370 e. The fourth-order valence-electron chi connectivity index (χ4n) is 2.73. The molecule has 21 heavy (non-hydrogen) atoms. The van der Waals surface area contributed by atoms with E-state index in [0.29, 0.717) is 11.6 Å². The summed E-state index contributed by atoms with van der Waals surface area (Å²) in [6, 6.07) is 3.15. The third-order valence-electron chi connectivity index (χ3n) is 3.95. The lowest BCUT2D eigenvalue weighted by Gasteiger charge is -2.27. The molecule has 1 aliphatic rings. The first-order chi connectivity index (χ1) is 10.1. The third kappa shape index (κ3) is 3.78. The van der Waals surface area contributed by atoms with E-state index in [1.807, 2.05) is 18.7 Å². The molecule has 1 saturated carbocycles. The van der Waals surface area contributed by atoms with E-state index in [2.05, 4.69) is 21.9 Å². The molecule has 0 aromatic carbocycles. The number of hydrogen-bond acceptors (Lipinski definition) is 6. The number of thioether (sulfide) groups is 1. The van der Waals surface area contributed by atoms with Crippen molar-refractivity contribution in [1.82, 2.24) is 4.98 Å². The average Bonchev–Trinajstić information content (AvgIpc) is 2.95. The molecule has 6 nitrogen and oxygen atoms in total. The topological polar surface area (TPSA) is 80.1 Å². The van der Waals surface area contributed by atoms with Crippen molar-refractivity contribution in [1.29, 1.82) is 0 Å². The van der Waals surface area contributed by atoms with Crippen molar-refractivity contribution in [3.05, 3.63) is 22.2 Å². The van der Waals surface area contributed by atoms with Gasteiger partial charge in [0.25, 0.3) is 0 Å². The molecule has 2 N–H and O–H groups in total. The number of pyridine rings is 1. The smallest absolute Gasteiger partial charge is 0.311 e. The molecule has 0 amide bonds. The van der Waals surface area contributed by atoms with Gasteiger partial charge >= 0.3 is 5.69 Å². The molecule has 0 atom stereocenters. The lowest BCUT2D eigenvalue weighted by molar-refractivity contribution is -0.384. The van der Waals surface area contributed by atoms with Crippen LogP contribution >= 0.6 is 11.8 Å². The Hall–Kier alpha value is -1.50.